The summed E-state index contributed by atoms with van der Waals surface area (Å²) in [7, 11) is 0. The van der Waals surface area contributed by atoms with Crippen LogP contribution in [0.25, 0.3) is 132 Å². The summed E-state index contributed by atoms with van der Waals surface area (Å²) in [6.07, 6.45) is 0. The van der Waals surface area contributed by atoms with Gasteiger partial charge in [0.05, 0.1) is 5.39 Å². The summed E-state index contributed by atoms with van der Waals surface area (Å²) in [6.45, 7) is 8.91. The highest BCUT2D eigenvalue weighted by molar-refractivity contribution is 6.30. The van der Waals surface area contributed by atoms with Crippen LogP contribution in [0.5, 0.6) is 0 Å². The van der Waals surface area contributed by atoms with Gasteiger partial charge in [0.25, 0.3) is 0 Å². The van der Waals surface area contributed by atoms with E-state index in [9.17, 15) is 0 Å². The lowest BCUT2D eigenvalue weighted by Gasteiger charge is -2.25. The molecule has 85 heavy (non-hydrogen) atoms. The molecule has 0 radical (unpaired) electrons. The van der Waals surface area contributed by atoms with E-state index in [0.29, 0.717) is 11.8 Å². The molecule has 0 spiro atoms. The normalized spacial score (nSPS) is 12.2. The molecule has 0 atom stereocenters. The number of furan rings is 5. The maximum Gasteiger partial charge on any atom is 0.147 e. The molecule has 0 saturated heterocycles. The molecule has 5 heterocycles. The van der Waals surface area contributed by atoms with Gasteiger partial charge in [0, 0.05) is 107 Å². The Balaban J connectivity index is 0.769. The van der Waals surface area contributed by atoms with E-state index in [0.717, 1.165) is 155 Å². The van der Waals surface area contributed by atoms with Crippen molar-refractivity contribution < 1.29 is 22.1 Å². The molecular weight excluding hydrogens is 1040 g/mol. The van der Waals surface area contributed by atoms with Gasteiger partial charge in [-0.2, -0.15) is 0 Å². The molecule has 12 aromatic carbocycles. The second-order valence-electron chi connectivity index (χ2n) is 23.2. The SMILES string of the molecule is CC(C)c1ccc(-c2ccc(N(c3ccc4c(c3)oc3ccccc34)c3ccc4c(c3)oc3ccc5c(oc6ccc7oc8cc(N(c9ccc(-c%10ccc(C(C)C)cc%10)cc9)c9ccc%10c(c9)oc9ccccc9%10)ccc8c7c65)c34)cc2)cc1. The lowest BCUT2D eigenvalue weighted by atomic mass is 9.98. The number of para-hydroxylation sites is 2. The lowest BCUT2D eigenvalue weighted by molar-refractivity contribution is 0.660. The molecular formula is C78H54N2O5. The topological polar surface area (TPSA) is 72.2 Å². The lowest BCUT2D eigenvalue weighted by Crippen LogP contribution is -2.09. The summed E-state index contributed by atoms with van der Waals surface area (Å²) in [5.74, 6) is 0.944. The molecule has 0 N–H and O–H groups in total. The number of benzene rings is 12. The monoisotopic (exact) mass is 1100 g/mol. The first-order valence-corrected chi connectivity index (χ1v) is 29.2. The summed E-state index contributed by atoms with van der Waals surface area (Å²) in [4.78, 5) is 4.55. The second kappa shape index (κ2) is 18.9. The molecule has 0 saturated carbocycles. The molecule has 0 fully saturated rings. The van der Waals surface area contributed by atoms with Crippen molar-refractivity contribution in [3.63, 3.8) is 0 Å². The fourth-order valence-electron chi connectivity index (χ4n) is 13.0. The summed E-state index contributed by atoms with van der Waals surface area (Å²) < 4.78 is 33.6. The third-order valence-corrected chi connectivity index (χ3v) is 17.5. The van der Waals surface area contributed by atoms with Crippen LogP contribution >= 0.6 is 0 Å². The quantitative estimate of drug-likeness (QED) is 0.135. The Bertz CT molecular complexity index is 5480. The maximum absolute atomic E-state index is 6.96. The first-order valence-electron chi connectivity index (χ1n) is 29.2. The van der Waals surface area contributed by atoms with Crippen LogP contribution in [0.1, 0.15) is 50.7 Å². The summed E-state index contributed by atoms with van der Waals surface area (Å²) in [5, 5.41) is 10.2. The van der Waals surface area contributed by atoms with Crippen LogP contribution in [-0.4, -0.2) is 0 Å². The predicted molar refractivity (Wildman–Crippen MR) is 351 cm³/mol. The van der Waals surface area contributed by atoms with E-state index >= 15 is 0 Å². The minimum absolute atomic E-state index is 0.472. The zero-order valence-electron chi connectivity index (χ0n) is 47.2. The van der Waals surface area contributed by atoms with Gasteiger partial charge in [-0.1, -0.05) is 137 Å². The average Bonchev–Trinajstić information content (AvgIpc) is 2.12. The van der Waals surface area contributed by atoms with Crippen LogP contribution in [0.15, 0.2) is 265 Å². The third kappa shape index (κ3) is 7.88. The van der Waals surface area contributed by atoms with Crippen molar-refractivity contribution in [2.75, 3.05) is 9.80 Å². The number of nitrogens with zero attached hydrogens (tertiary/aromatic N) is 2. The number of hydrogen-bond donors (Lipinski definition) is 0. The van der Waals surface area contributed by atoms with Crippen molar-refractivity contribution in [3.8, 4) is 22.3 Å². The van der Waals surface area contributed by atoms with E-state index in [-0.39, 0.29) is 0 Å². The van der Waals surface area contributed by atoms with E-state index < -0.39 is 0 Å². The summed E-state index contributed by atoms with van der Waals surface area (Å²) in [6, 6.07) is 86.1. The van der Waals surface area contributed by atoms with E-state index in [2.05, 4.69) is 244 Å². The zero-order chi connectivity index (χ0) is 56.6. The van der Waals surface area contributed by atoms with Gasteiger partial charge in [-0.05, 0) is 154 Å². The van der Waals surface area contributed by atoms with Gasteiger partial charge in [0.15, 0.2) is 0 Å². The van der Waals surface area contributed by atoms with Crippen molar-refractivity contribution in [3.05, 3.63) is 254 Å². The van der Waals surface area contributed by atoms with Gasteiger partial charge in [-0.15, -0.1) is 0 Å². The molecule has 17 aromatic rings. The minimum Gasteiger partial charge on any atom is -0.456 e. The highest BCUT2D eigenvalue weighted by Crippen LogP contribution is 2.48. The first kappa shape index (κ1) is 48.9. The molecule has 5 aromatic heterocycles. The maximum atomic E-state index is 6.96. The fraction of sp³-hybridized carbons (Fsp3) is 0.0769. The Labute approximate surface area is 488 Å². The highest BCUT2D eigenvalue weighted by atomic mass is 16.4. The summed E-state index contributed by atoms with van der Waals surface area (Å²) >= 11 is 0. The Morgan fingerprint density at radius 2 is 0.541 bits per heavy atom. The minimum atomic E-state index is 0.472. The van der Waals surface area contributed by atoms with Crippen LogP contribution in [-0.2, 0) is 0 Å². The molecule has 17 rings (SSSR count). The molecule has 7 nitrogen and oxygen atoms in total. The Morgan fingerprint density at radius 1 is 0.235 bits per heavy atom. The molecule has 0 bridgehead atoms. The number of anilines is 6. The van der Waals surface area contributed by atoms with Gasteiger partial charge >= 0.3 is 0 Å². The van der Waals surface area contributed by atoms with Gasteiger partial charge in [-0.3, -0.25) is 0 Å². The van der Waals surface area contributed by atoms with E-state index in [1.165, 1.54) is 22.3 Å². The molecule has 7 heteroatoms. The van der Waals surface area contributed by atoms with Crippen molar-refractivity contribution in [2.45, 2.75) is 39.5 Å². The zero-order valence-corrected chi connectivity index (χ0v) is 47.2. The van der Waals surface area contributed by atoms with E-state index in [4.69, 9.17) is 22.1 Å². The van der Waals surface area contributed by atoms with Crippen LogP contribution < -0.4 is 9.80 Å². The van der Waals surface area contributed by atoms with Gasteiger partial charge in [-0.25, -0.2) is 0 Å². The Morgan fingerprint density at radius 3 is 0.988 bits per heavy atom. The standard InChI is InChI=1S/C78H54N2O5/c1-45(2)47-13-17-49(18-14-47)51-21-25-53(26-22-51)79(55-29-33-61-59-9-5-7-11-66(59)81-71(61)41-55)57-31-35-63-73(43-57)83-68-39-40-69-76(75(63)68)65-37-38-70-77(78(65)85-69)64-36-32-58(44-74(64)84-70)80(56-30-34-62-60-10-6-8-12-67(60)82-72(62)42-56)54-27-23-52(24-28-54)50-19-15-48(16-20-50)46(3)4/h5-46H,1-4H3. The van der Waals surface area contributed by atoms with Crippen LogP contribution in [0.4, 0.5) is 34.1 Å². The number of fused-ring (bicyclic) bond motifs is 17. The predicted octanol–water partition coefficient (Wildman–Crippen LogP) is 23.7. The first-order chi connectivity index (χ1) is 41.7. The molecule has 406 valence electrons. The van der Waals surface area contributed by atoms with Gasteiger partial charge in [0.1, 0.15) is 55.8 Å². The van der Waals surface area contributed by atoms with E-state index in [1.807, 2.05) is 36.4 Å². The van der Waals surface area contributed by atoms with Gasteiger partial charge < -0.3 is 31.9 Å². The average molecular weight is 1100 g/mol. The van der Waals surface area contributed by atoms with Gasteiger partial charge in [0.2, 0.25) is 0 Å². The largest absolute Gasteiger partial charge is 0.456 e. The molecule has 0 aliphatic heterocycles. The highest BCUT2D eigenvalue weighted by Gasteiger charge is 2.24. The molecule has 0 unspecified atom stereocenters. The number of rotatable bonds is 10. The third-order valence-electron chi connectivity index (χ3n) is 17.5. The van der Waals surface area contributed by atoms with Crippen molar-refractivity contribution in [1.82, 2.24) is 0 Å². The van der Waals surface area contributed by atoms with Crippen LogP contribution in [0.3, 0.4) is 0 Å². The fourth-order valence-corrected chi connectivity index (χ4v) is 13.0. The Hall–Kier alpha value is -10.8. The molecule has 0 amide bonds. The Kier molecular flexibility index (Phi) is 10.9. The molecule has 0 aliphatic carbocycles. The van der Waals surface area contributed by atoms with Crippen LogP contribution in [0, 0.1) is 0 Å². The van der Waals surface area contributed by atoms with E-state index in [1.54, 1.807) is 0 Å². The number of hydrogen-bond acceptors (Lipinski definition) is 7. The second-order valence-corrected chi connectivity index (χ2v) is 23.2. The van der Waals surface area contributed by atoms with Crippen molar-refractivity contribution in [2.24, 2.45) is 0 Å². The summed E-state index contributed by atoms with van der Waals surface area (Å²) in [5.41, 5.74) is 21.2. The smallest absolute Gasteiger partial charge is 0.147 e. The van der Waals surface area contributed by atoms with Crippen molar-refractivity contribution in [1.29, 1.82) is 0 Å². The van der Waals surface area contributed by atoms with Crippen LogP contribution in [0.2, 0.25) is 0 Å². The molecule has 0 aliphatic rings. The van der Waals surface area contributed by atoms with Crippen molar-refractivity contribution >= 4 is 144 Å².